The maximum absolute atomic E-state index is 14.4. The van der Waals surface area contributed by atoms with Gasteiger partial charge in [-0.1, -0.05) is 24.3 Å². The predicted molar refractivity (Wildman–Crippen MR) is 127 cm³/mol. The van der Waals surface area contributed by atoms with Crippen molar-refractivity contribution in [3.63, 3.8) is 0 Å². The molecule has 7 heteroatoms. The second-order valence-electron chi connectivity index (χ2n) is 8.81. The molecular weight excluding hydrogens is 440 g/mol. The summed E-state index contributed by atoms with van der Waals surface area (Å²) in [5.41, 5.74) is 1.33. The van der Waals surface area contributed by atoms with Crippen LogP contribution in [0.1, 0.15) is 36.7 Å². The lowest BCUT2D eigenvalue weighted by Crippen LogP contribution is -2.39. The molecule has 0 fully saturated rings. The van der Waals surface area contributed by atoms with Gasteiger partial charge in [-0.25, -0.2) is 8.78 Å². The summed E-state index contributed by atoms with van der Waals surface area (Å²) in [5, 5.41) is 0. The molecule has 0 heterocycles. The summed E-state index contributed by atoms with van der Waals surface area (Å²) in [4.78, 5) is 26.9. The number of aryl methyl sites for hydroxylation is 1. The van der Waals surface area contributed by atoms with Crippen LogP contribution in [0.2, 0.25) is 0 Å². The second-order valence-corrected chi connectivity index (χ2v) is 8.81. The number of methoxy groups -OCH3 is 1. The smallest absolute Gasteiger partial charge is 0.326 e. The van der Waals surface area contributed by atoms with Crippen molar-refractivity contribution in [1.82, 2.24) is 0 Å². The van der Waals surface area contributed by atoms with E-state index in [0.717, 1.165) is 33.7 Å². The van der Waals surface area contributed by atoms with E-state index in [9.17, 15) is 18.4 Å². The quantitative estimate of drug-likeness (QED) is 0.421. The zero-order chi connectivity index (χ0) is 25.0. The molecule has 0 saturated carbocycles. The Morgan fingerprint density at radius 2 is 1.59 bits per heavy atom. The van der Waals surface area contributed by atoms with Gasteiger partial charge in [-0.15, -0.1) is 0 Å². The van der Waals surface area contributed by atoms with Crippen molar-refractivity contribution in [3.05, 3.63) is 83.4 Å². The fourth-order valence-electron chi connectivity index (χ4n) is 3.55. The number of halogens is 2. The molecule has 5 nitrogen and oxygen atoms in total. The molecule has 0 aliphatic heterocycles. The van der Waals surface area contributed by atoms with E-state index in [1.54, 1.807) is 46.1 Å². The van der Waals surface area contributed by atoms with Crippen LogP contribution in [-0.2, 0) is 9.53 Å². The first kappa shape index (κ1) is 24.9. The molecule has 0 aliphatic carbocycles. The first-order valence-corrected chi connectivity index (χ1v) is 10.7. The highest BCUT2D eigenvalue weighted by atomic mass is 19.1. The number of benzene rings is 3. The molecule has 0 bridgehead atoms. The van der Waals surface area contributed by atoms with E-state index in [1.165, 1.54) is 6.07 Å². The van der Waals surface area contributed by atoms with Gasteiger partial charge in [0.15, 0.2) is 0 Å². The van der Waals surface area contributed by atoms with Gasteiger partial charge in [0.25, 0.3) is 5.91 Å². The molecule has 0 N–H and O–H groups in total. The Hall–Kier alpha value is -3.74. The topological polar surface area (TPSA) is 55.8 Å². The molecule has 0 aliphatic rings. The minimum Gasteiger partial charge on any atom is -0.497 e. The Morgan fingerprint density at radius 1 is 0.941 bits per heavy atom. The summed E-state index contributed by atoms with van der Waals surface area (Å²) in [6.45, 7) is 6.49. The maximum atomic E-state index is 14.4. The molecular formula is C27H27F2NO4. The van der Waals surface area contributed by atoms with Crippen LogP contribution in [-0.4, -0.2) is 31.1 Å². The van der Waals surface area contributed by atoms with Gasteiger partial charge in [0.1, 0.15) is 35.1 Å². The highest BCUT2D eigenvalue weighted by Gasteiger charge is 2.28. The number of carbonyl (C=O) groups is 2. The summed E-state index contributed by atoms with van der Waals surface area (Å²) in [7, 11) is 1.58. The molecule has 3 aromatic rings. The summed E-state index contributed by atoms with van der Waals surface area (Å²) in [6, 6.07) is 15.6. The minimum atomic E-state index is -1.01. The van der Waals surface area contributed by atoms with Crippen LogP contribution in [0.4, 0.5) is 14.5 Å². The van der Waals surface area contributed by atoms with Crippen LogP contribution < -0.4 is 9.64 Å². The monoisotopic (exact) mass is 467 g/mol. The Bertz CT molecular complexity index is 1200. The van der Waals surface area contributed by atoms with Crippen LogP contribution in [0.3, 0.4) is 0 Å². The summed E-state index contributed by atoms with van der Waals surface area (Å²) < 4.78 is 39.5. The number of ether oxygens (including phenoxy) is 2. The lowest BCUT2D eigenvalue weighted by atomic mass is 9.99. The first-order chi connectivity index (χ1) is 16.0. The zero-order valence-corrected chi connectivity index (χ0v) is 19.8. The Kier molecular flexibility index (Phi) is 7.35. The number of amides is 1. The Labute approximate surface area is 197 Å². The van der Waals surface area contributed by atoms with E-state index in [-0.39, 0.29) is 0 Å². The van der Waals surface area contributed by atoms with Crippen LogP contribution >= 0.6 is 0 Å². The van der Waals surface area contributed by atoms with Crippen molar-refractivity contribution in [3.8, 4) is 16.9 Å². The molecule has 3 aromatic carbocycles. The normalized spacial score (nSPS) is 11.1. The average Bonchev–Trinajstić information content (AvgIpc) is 2.76. The molecule has 3 rings (SSSR count). The predicted octanol–water partition coefficient (Wildman–Crippen LogP) is 5.94. The molecule has 34 heavy (non-hydrogen) atoms. The number of carbonyl (C=O) groups excluding carboxylic acids is 2. The molecule has 0 aromatic heterocycles. The van der Waals surface area contributed by atoms with Crippen molar-refractivity contribution in [2.24, 2.45) is 0 Å². The third-order valence-corrected chi connectivity index (χ3v) is 5.03. The van der Waals surface area contributed by atoms with Gasteiger partial charge in [0, 0.05) is 5.69 Å². The Morgan fingerprint density at radius 3 is 2.18 bits per heavy atom. The summed E-state index contributed by atoms with van der Waals surface area (Å²) >= 11 is 0. The number of anilines is 1. The van der Waals surface area contributed by atoms with Gasteiger partial charge in [-0.05, 0) is 80.8 Å². The largest absolute Gasteiger partial charge is 0.497 e. The van der Waals surface area contributed by atoms with Gasteiger partial charge < -0.3 is 9.47 Å². The van der Waals surface area contributed by atoms with Crippen molar-refractivity contribution in [2.75, 3.05) is 18.6 Å². The van der Waals surface area contributed by atoms with Gasteiger partial charge >= 0.3 is 5.97 Å². The second kappa shape index (κ2) is 10.0. The van der Waals surface area contributed by atoms with Gasteiger partial charge in [0.2, 0.25) is 0 Å². The molecule has 0 radical (unpaired) electrons. The molecule has 0 spiro atoms. The number of esters is 1. The molecule has 1 amide bonds. The SMILES string of the molecule is COc1ccc(-c2cccc(N(CC(=O)OC(C)(C)C)C(=O)c3c(F)cccc3F)c2)c(C)c1. The van der Waals surface area contributed by atoms with Gasteiger partial charge in [-0.3, -0.25) is 14.5 Å². The maximum Gasteiger partial charge on any atom is 0.326 e. The van der Waals surface area contributed by atoms with E-state index >= 15 is 0 Å². The van der Waals surface area contributed by atoms with Crippen molar-refractivity contribution in [1.29, 1.82) is 0 Å². The lowest BCUT2D eigenvalue weighted by Gasteiger charge is -2.26. The molecule has 178 valence electrons. The number of rotatable bonds is 6. The lowest BCUT2D eigenvalue weighted by molar-refractivity contribution is -0.152. The van der Waals surface area contributed by atoms with E-state index in [0.29, 0.717) is 11.4 Å². The van der Waals surface area contributed by atoms with Crippen molar-refractivity contribution >= 4 is 17.6 Å². The molecule has 0 atom stereocenters. The number of hydrogen-bond acceptors (Lipinski definition) is 4. The highest BCUT2D eigenvalue weighted by molar-refractivity contribution is 6.09. The van der Waals surface area contributed by atoms with Gasteiger partial charge in [-0.2, -0.15) is 0 Å². The van der Waals surface area contributed by atoms with Crippen molar-refractivity contribution < 1.29 is 27.8 Å². The van der Waals surface area contributed by atoms with E-state index in [4.69, 9.17) is 9.47 Å². The fourth-order valence-corrected chi connectivity index (χ4v) is 3.55. The average molecular weight is 468 g/mol. The van der Waals surface area contributed by atoms with Crippen LogP contribution in [0.25, 0.3) is 11.1 Å². The van der Waals surface area contributed by atoms with Gasteiger partial charge in [0.05, 0.1) is 7.11 Å². The van der Waals surface area contributed by atoms with Crippen LogP contribution in [0.15, 0.2) is 60.7 Å². The summed E-state index contributed by atoms with van der Waals surface area (Å²) in [6.07, 6.45) is 0. The molecule has 0 saturated heterocycles. The fraction of sp³-hybridized carbons (Fsp3) is 0.259. The number of nitrogens with zero attached hydrogens (tertiary/aromatic N) is 1. The Balaban J connectivity index is 2.07. The van der Waals surface area contributed by atoms with E-state index in [2.05, 4.69) is 0 Å². The van der Waals surface area contributed by atoms with E-state index < -0.39 is 41.2 Å². The standard InChI is InChI=1S/C27H27F2NO4/c1-17-14-20(33-5)12-13-21(17)18-8-6-9-19(15-18)30(16-24(31)34-27(2,3)4)26(32)25-22(28)10-7-11-23(25)29/h6-15H,16H2,1-5H3. The third-order valence-electron chi connectivity index (χ3n) is 5.03. The van der Waals surface area contributed by atoms with E-state index in [1.807, 2.05) is 31.2 Å². The molecule has 0 unspecified atom stereocenters. The number of hydrogen-bond donors (Lipinski definition) is 0. The first-order valence-electron chi connectivity index (χ1n) is 10.7. The van der Waals surface area contributed by atoms with Crippen molar-refractivity contribution in [2.45, 2.75) is 33.3 Å². The van der Waals surface area contributed by atoms with Crippen LogP contribution in [0, 0.1) is 18.6 Å². The van der Waals surface area contributed by atoms with Crippen LogP contribution in [0.5, 0.6) is 5.75 Å². The minimum absolute atomic E-state index is 0.297. The summed E-state index contributed by atoms with van der Waals surface area (Å²) in [5.74, 6) is -3.01. The third kappa shape index (κ3) is 5.78. The zero-order valence-electron chi connectivity index (χ0n) is 19.8. The highest BCUT2D eigenvalue weighted by Crippen LogP contribution is 2.31.